The van der Waals surface area contributed by atoms with E-state index in [-0.39, 0.29) is 37.4 Å². The van der Waals surface area contributed by atoms with Crippen LogP contribution in [0.3, 0.4) is 0 Å². The fraction of sp³-hybridized carbons (Fsp3) is 0.846. The van der Waals surface area contributed by atoms with Crippen LogP contribution in [0.5, 0.6) is 0 Å². The predicted octanol–water partition coefficient (Wildman–Crippen LogP) is -0.232. The van der Waals surface area contributed by atoms with Crippen molar-refractivity contribution in [2.24, 2.45) is 5.92 Å². The molecule has 0 spiro atoms. The molecule has 0 radical (unpaired) electrons. The van der Waals surface area contributed by atoms with E-state index in [1.54, 1.807) is 0 Å². The molecular formula is C13H23NO6. The SMILES string of the molecule is CCC1CC(NC(=O)CC(=O)O)C(COC)OC1CO. The Labute approximate surface area is 118 Å². The number of ether oxygens (including phenoxy) is 2. The van der Waals surface area contributed by atoms with Gasteiger partial charge < -0.3 is 25.0 Å². The summed E-state index contributed by atoms with van der Waals surface area (Å²) in [7, 11) is 1.53. The zero-order chi connectivity index (χ0) is 15.1. The first-order valence-electron chi connectivity index (χ1n) is 6.78. The van der Waals surface area contributed by atoms with Gasteiger partial charge in [0.2, 0.25) is 5.91 Å². The fourth-order valence-electron chi connectivity index (χ4n) is 2.55. The molecule has 0 aromatic carbocycles. The molecule has 1 heterocycles. The van der Waals surface area contributed by atoms with Crippen molar-refractivity contribution in [3.05, 3.63) is 0 Å². The van der Waals surface area contributed by atoms with E-state index in [1.165, 1.54) is 7.11 Å². The molecule has 4 atom stereocenters. The van der Waals surface area contributed by atoms with Gasteiger partial charge in [-0.15, -0.1) is 0 Å². The third-order valence-electron chi connectivity index (χ3n) is 3.57. The van der Waals surface area contributed by atoms with Gasteiger partial charge in [-0.25, -0.2) is 0 Å². The molecule has 20 heavy (non-hydrogen) atoms. The second kappa shape index (κ2) is 8.18. The number of aliphatic hydroxyl groups is 1. The Balaban J connectivity index is 2.68. The summed E-state index contributed by atoms with van der Waals surface area (Å²) in [4.78, 5) is 22.1. The van der Waals surface area contributed by atoms with Crippen molar-refractivity contribution in [3.63, 3.8) is 0 Å². The topological polar surface area (TPSA) is 105 Å². The van der Waals surface area contributed by atoms with Crippen LogP contribution in [0, 0.1) is 5.92 Å². The number of carbonyl (C=O) groups excluding carboxylic acids is 1. The summed E-state index contributed by atoms with van der Waals surface area (Å²) in [5, 5.41) is 20.6. The normalized spacial score (nSPS) is 29.9. The van der Waals surface area contributed by atoms with Gasteiger partial charge in [-0.05, 0) is 12.3 Å². The molecule has 1 fully saturated rings. The zero-order valence-corrected chi connectivity index (χ0v) is 11.9. The summed E-state index contributed by atoms with van der Waals surface area (Å²) in [6, 6.07) is -0.297. The van der Waals surface area contributed by atoms with Crippen LogP contribution in [0.25, 0.3) is 0 Å². The second-order valence-electron chi connectivity index (χ2n) is 5.00. The maximum atomic E-state index is 11.6. The summed E-state index contributed by atoms with van der Waals surface area (Å²) in [6.07, 6.45) is 0.249. The van der Waals surface area contributed by atoms with Crippen molar-refractivity contribution < 1.29 is 29.3 Å². The molecule has 7 heteroatoms. The zero-order valence-electron chi connectivity index (χ0n) is 11.9. The first kappa shape index (κ1) is 16.9. The summed E-state index contributed by atoms with van der Waals surface area (Å²) in [5.41, 5.74) is 0. The maximum absolute atomic E-state index is 11.6. The number of aliphatic hydroxyl groups excluding tert-OH is 1. The molecule has 0 saturated carbocycles. The molecule has 0 aromatic rings. The lowest BCUT2D eigenvalue weighted by molar-refractivity contribution is -0.148. The quantitative estimate of drug-likeness (QED) is 0.559. The molecule has 1 saturated heterocycles. The molecule has 1 amide bonds. The Hall–Kier alpha value is -1.18. The molecule has 1 aliphatic heterocycles. The molecule has 7 nitrogen and oxygen atoms in total. The van der Waals surface area contributed by atoms with Crippen molar-refractivity contribution in [1.29, 1.82) is 0 Å². The highest BCUT2D eigenvalue weighted by molar-refractivity contribution is 5.93. The van der Waals surface area contributed by atoms with Crippen LogP contribution >= 0.6 is 0 Å². The molecule has 1 aliphatic rings. The maximum Gasteiger partial charge on any atom is 0.312 e. The number of carbonyl (C=O) groups is 2. The number of aliphatic carboxylic acids is 1. The highest BCUT2D eigenvalue weighted by Gasteiger charge is 2.37. The lowest BCUT2D eigenvalue weighted by Crippen LogP contribution is -2.55. The van der Waals surface area contributed by atoms with E-state index >= 15 is 0 Å². The standard InChI is InChI=1S/C13H23NO6/c1-3-8-4-9(14-12(16)5-13(17)18)11(7-19-2)20-10(8)6-15/h8-11,15H,3-7H2,1-2H3,(H,14,16)(H,17,18). The van der Waals surface area contributed by atoms with Crippen LogP contribution in [0.2, 0.25) is 0 Å². The number of carboxylic acids is 1. The van der Waals surface area contributed by atoms with Gasteiger partial charge in [-0.3, -0.25) is 9.59 Å². The highest BCUT2D eigenvalue weighted by atomic mass is 16.5. The Kier molecular flexibility index (Phi) is 6.90. The first-order chi connectivity index (χ1) is 9.51. The molecule has 4 unspecified atom stereocenters. The lowest BCUT2D eigenvalue weighted by atomic mass is 9.86. The highest BCUT2D eigenvalue weighted by Crippen LogP contribution is 2.28. The van der Waals surface area contributed by atoms with Crippen molar-refractivity contribution in [2.45, 2.75) is 44.4 Å². The van der Waals surface area contributed by atoms with E-state index < -0.39 is 18.3 Å². The van der Waals surface area contributed by atoms with Gasteiger partial charge >= 0.3 is 5.97 Å². The number of nitrogens with one attached hydrogen (secondary N) is 1. The lowest BCUT2D eigenvalue weighted by Gasteiger charge is -2.40. The number of hydrogen-bond donors (Lipinski definition) is 3. The van der Waals surface area contributed by atoms with Gasteiger partial charge in [0.05, 0.1) is 25.4 Å². The van der Waals surface area contributed by atoms with Gasteiger partial charge in [-0.2, -0.15) is 0 Å². The Bertz CT molecular complexity index is 335. The Morgan fingerprint density at radius 3 is 2.60 bits per heavy atom. The van der Waals surface area contributed by atoms with Gasteiger partial charge in [-0.1, -0.05) is 13.3 Å². The number of carboxylic acid groups (broad SMARTS) is 1. The van der Waals surface area contributed by atoms with E-state index in [0.717, 1.165) is 6.42 Å². The minimum absolute atomic E-state index is 0.0749. The van der Waals surface area contributed by atoms with Crippen LogP contribution in [-0.2, 0) is 19.1 Å². The molecule has 0 bridgehead atoms. The first-order valence-corrected chi connectivity index (χ1v) is 6.78. The van der Waals surface area contributed by atoms with E-state index in [0.29, 0.717) is 6.42 Å². The summed E-state index contributed by atoms with van der Waals surface area (Å²) >= 11 is 0. The Morgan fingerprint density at radius 1 is 1.40 bits per heavy atom. The second-order valence-corrected chi connectivity index (χ2v) is 5.00. The molecule has 0 aromatic heterocycles. The van der Waals surface area contributed by atoms with Gasteiger partial charge in [0.15, 0.2) is 0 Å². The largest absolute Gasteiger partial charge is 0.481 e. The van der Waals surface area contributed by atoms with Crippen molar-refractivity contribution in [2.75, 3.05) is 20.3 Å². The van der Waals surface area contributed by atoms with Crippen LogP contribution in [-0.4, -0.2) is 60.7 Å². The predicted molar refractivity (Wildman–Crippen MR) is 70.2 cm³/mol. The van der Waals surface area contributed by atoms with Gasteiger partial charge in [0.1, 0.15) is 12.5 Å². The summed E-state index contributed by atoms with van der Waals surface area (Å²) in [6.45, 7) is 2.20. The monoisotopic (exact) mass is 289 g/mol. The number of methoxy groups -OCH3 is 1. The van der Waals surface area contributed by atoms with E-state index in [4.69, 9.17) is 14.6 Å². The summed E-state index contributed by atoms with van der Waals surface area (Å²) in [5.74, 6) is -1.57. The average Bonchev–Trinajstić information content (AvgIpc) is 2.39. The van der Waals surface area contributed by atoms with Gasteiger partial charge in [0, 0.05) is 7.11 Å². The molecule has 116 valence electrons. The van der Waals surface area contributed by atoms with E-state index in [2.05, 4.69) is 5.32 Å². The van der Waals surface area contributed by atoms with Crippen LogP contribution in [0.1, 0.15) is 26.2 Å². The third-order valence-corrected chi connectivity index (χ3v) is 3.57. The van der Waals surface area contributed by atoms with E-state index in [9.17, 15) is 14.7 Å². The molecule has 0 aliphatic carbocycles. The fourth-order valence-corrected chi connectivity index (χ4v) is 2.55. The van der Waals surface area contributed by atoms with Crippen molar-refractivity contribution in [3.8, 4) is 0 Å². The van der Waals surface area contributed by atoms with Crippen LogP contribution < -0.4 is 5.32 Å². The molecule has 1 rings (SSSR count). The van der Waals surface area contributed by atoms with E-state index in [1.807, 2.05) is 6.92 Å². The van der Waals surface area contributed by atoms with Crippen LogP contribution in [0.4, 0.5) is 0 Å². The van der Waals surface area contributed by atoms with Gasteiger partial charge in [0.25, 0.3) is 0 Å². The smallest absolute Gasteiger partial charge is 0.312 e. The summed E-state index contributed by atoms with van der Waals surface area (Å²) < 4.78 is 10.8. The van der Waals surface area contributed by atoms with Crippen LogP contribution in [0.15, 0.2) is 0 Å². The van der Waals surface area contributed by atoms with Crippen molar-refractivity contribution in [1.82, 2.24) is 5.32 Å². The molecular weight excluding hydrogens is 266 g/mol. The number of rotatable bonds is 7. The third kappa shape index (κ3) is 4.73. The number of hydrogen-bond acceptors (Lipinski definition) is 5. The minimum Gasteiger partial charge on any atom is -0.481 e. The van der Waals surface area contributed by atoms with Crippen molar-refractivity contribution >= 4 is 11.9 Å². The minimum atomic E-state index is -1.16. The number of amides is 1. The molecule has 3 N–H and O–H groups in total. The Morgan fingerprint density at radius 2 is 2.10 bits per heavy atom. The average molecular weight is 289 g/mol.